The van der Waals surface area contributed by atoms with Crippen molar-refractivity contribution in [1.29, 1.82) is 0 Å². The van der Waals surface area contributed by atoms with Gasteiger partial charge in [-0.1, -0.05) is 40.4 Å². The molecule has 1 aromatic carbocycles. The number of rotatable bonds is 4. The molecule has 1 aromatic rings. The molecule has 0 spiro atoms. The molecule has 1 aliphatic carbocycles. The first-order chi connectivity index (χ1) is 11.9. The van der Waals surface area contributed by atoms with Crippen LogP contribution in [0.1, 0.15) is 32.1 Å². The van der Waals surface area contributed by atoms with Crippen LogP contribution in [0, 0.1) is 5.92 Å². The highest BCUT2D eigenvalue weighted by Crippen LogP contribution is 2.30. The van der Waals surface area contributed by atoms with Gasteiger partial charge in [-0.15, -0.1) is 0 Å². The van der Waals surface area contributed by atoms with Crippen molar-refractivity contribution in [2.24, 2.45) is 5.92 Å². The summed E-state index contributed by atoms with van der Waals surface area (Å²) in [6.07, 6.45) is 5.32. The van der Waals surface area contributed by atoms with Crippen LogP contribution in [0.3, 0.4) is 0 Å². The Morgan fingerprint density at radius 1 is 1.16 bits per heavy atom. The number of carbonyl (C=O) groups excluding carboxylic acids is 1. The molecular formula is C17H22BrClN2O3S. The molecule has 3 rings (SSSR count). The minimum atomic E-state index is -3.64. The Bertz CT molecular complexity index is 742. The monoisotopic (exact) mass is 448 g/mol. The van der Waals surface area contributed by atoms with Gasteiger partial charge in [0.25, 0.3) is 0 Å². The molecule has 1 heterocycles. The van der Waals surface area contributed by atoms with Crippen LogP contribution in [0.2, 0.25) is 5.02 Å². The average molecular weight is 450 g/mol. The molecule has 0 aromatic heterocycles. The van der Waals surface area contributed by atoms with Gasteiger partial charge in [-0.3, -0.25) is 4.79 Å². The van der Waals surface area contributed by atoms with Crippen LogP contribution in [-0.2, 0) is 14.8 Å². The number of benzene rings is 1. The first kappa shape index (κ1) is 19.1. The number of piperazine rings is 1. The van der Waals surface area contributed by atoms with Gasteiger partial charge in [0.2, 0.25) is 15.9 Å². The van der Waals surface area contributed by atoms with Crippen LogP contribution >= 0.6 is 27.5 Å². The Labute approximate surface area is 162 Å². The molecule has 0 radical (unpaired) electrons. The summed E-state index contributed by atoms with van der Waals surface area (Å²) in [4.78, 5) is 14.3. The third-order valence-electron chi connectivity index (χ3n) is 5.04. The number of halogens is 2. The Morgan fingerprint density at radius 3 is 2.40 bits per heavy atom. The van der Waals surface area contributed by atoms with Crippen molar-refractivity contribution >= 4 is 43.5 Å². The fraction of sp³-hybridized carbons (Fsp3) is 0.588. The summed E-state index contributed by atoms with van der Waals surface area (Å²) in [6.45, 7) is 1.51. The normalized spacial score (nSPS) is 20.2. The second-order valence-corrected chi connectivity index (χ2v) is 9.94. The van der Waals surface area contributed by atoms with Crippen molar-refractivity contribution in [1.82, 2.24) is 9.21 Å². The van der Waals surface area contributed by atoms with E-state index in [0.717, 1.165) is 17.3 Å². The van der Waals surface area contributed by atoms with E-state index in [9.17, 15) is 13.2 Å². The summed E-state index contributed by atoms with van der Waals surface area (Å²) in [5.74, 6) is 0.668. The van der Waals surface area contributed by atoms with E-state index in [4.69, 9.17) is 11.6 Å². The van der Waals surface area contributed by atoms with E-state index >= 15 is 0 Å². The highest BCUT2D eigenvalue weighted by molar-refractivity contribution is 9.10. The molecule has 25 heavy (non-hydrogen) atoms. The second kappa shape index (κ2) is 7.94. The minimum Gasteiger partial charge on any atom is -0.340 e. The molecule has 2 aliphatic rings. The molecule has 1 aliphatic heterocycles. The maximum atomic E-state index is 12.8. The van der Waals surface area contributed by atoms with Crippen LogP contribution in [0.4, 0.5) is 0 Å². The van der Waals surface area contributed by atoms with Gasteiger partial charge in [0.05, 0.1) is 5.02 Å². The smallest absolute Gasteiger partial charge is 0.244 e. The molecule has 0 unspecified atom stereocenters. The lowest BCUT2D eigenvalue weighted by atomic mass is 10.0. The zero-order valence-corrected chi connectivity index (χ0v) is 17.1. The summed E-state index contributed by atoms with van der Waals surface area (Å²) in [5.41, 5.74) is 0. The Balaban J connectivity index is 1.62. The van der Waals surface area contributed by atoms with Crippen molar-refractivity contribution in [2.75, 3.05) is 26.2 Å². The number of nitrogens with zero attached hydrogens (tertiary/aromatic N) is 2. The topological polar surface area (TPSA) is 57.7 Å². The lowest BCUT2D eigenvalue weighted by Crippen LogP contribution is -2.50. The highest BCUT2D eigenvalue weighted by atomic mass is 79.9. The Hall–Kier alpha value is -0.630. The lowest BCUT2D eigenvalue weighted by Gasteiger charge is -2.34. The third kappa shape index (κ3) is 4.38. The minimum absolute atomic E-state index is 0.114. The first-order valence-corrected chi connectivity index (χ1v) is 11.2. The molecule has 1 saturated heterocycles. The molecular weight excluding hydrogens is 428 g/mol. The van der Waals surface area contributed by atoms with Crippen molar-refractivity contribution in [3.05, 3.63) is 27.7 Å². The van der Waals surface area contributed by atoms with Crippen LogP contribution in [0.15, 0.2) is 27.6 Å². The number of carbonyl (C=O) groups is 1. The van der Waals surface area contributed by atoms with Crippen LogP contribution in [-0.4, -0.2) is 49.7 Å². The van der Waals surface area contributed by atoms with E-state index in [-0.39, 0.29) is 15.8 Å². The van der Waals surface area contributed by atoms with E-state index in [1.165, 1.54) is 23.2 Å². The van der Waals surface area contributed by atoms with Gasteiger partial charge in [-0.25, -0.2) is 8.42 Å². The van der Waals surface area contributed by atoms with Gasteiger partial charge >= 0.3 is 0 Å². The lowest BCUT2D eigenvalue weighted by molar-refractivity contribution is -0.133. The van der Waals surface area contributed by atoms with Gasteiger partial charge < -0.3 is 4.90 Å². The number of hydrogen-bond donors (Lipinski definition) is 0. The maximum absolute atomic E-state index is 12.8. The summed E-state index contributed by atoms with van der Waals surface area (Å²) in [5, 5.41) is 0.203. The summed E-state index contributed by atoms with van der Waals surface area (Å²) < 4.78 is 27.7. The van der Waals surface area contributed by atoms with Gasteiger partial charge in [0.15, 0.2) is 0 Å². The van der Waals surface area contributed by atoms with Gasteiger partial charge in [-0.2, -0.15) is 4.31 Å². The van der Waals surface area contributed by atoms with E-state index in [0.29, 0.717) is 38.5 Å². The number of sulfonamides is 1. The van der Waals surface area contributed by atoms with E-state index in [1.807, 2.05) is 0 Å². The SMILES string of the molecule is O=C(CC1CCCC1)N1CCN(S(=O)(=O)c2ccc(Br)cc2Cl)CC1. The first-order valence-electron chi connectivity index (χ1n) is 8.61. The molecule has 0 atom stereocenters. The molecule has 2 fully saturated rings. The fourth-order valence-corrected chi connectivity index (χ4v) is 6.03. The van der Waals surface area contributed by atoms with Gasteiger partial charge in [-0.05, 0) is 37.0 Å². The summed E-state index contributed by atoms with van der Waals surface area (Å²) in [7, 11) is -3.64. The second-order valence-electron chi connectivity index (χ2n) is 6.71. The van der Waals surface area contributed by atoms with Crippen molar-refractivity contribution < 1.29 is 13.2 Å². The largest absolute Gasteiger partial charge is 0.340 e. The Morgan fingerprint density at radius 2 is 1.80 bits per heavy atom. The predicted octanol–water partition coefficient (Wildman–Crippen LogP) is 3.52. The zero-order chi connectivity index (χ0) is 18.0. The number of amides is 1. The molecule has 0 N–H and O–H groups in total. The molecule has 138 valence electrons. The van der Waals surface area contributed by atoms with E-state index in [2.05, 4.69) is 15.9 Å². The summed E-state index contributed by atoms with van der Waals surface area (Å²) in [6, 6.07) is 4.76. The van der Waals surface area contributed by atoms with Crippen molar-refractivity contribution in [2.45, 2.75) is 37.0 Å². The molecule has 1 saturated carbocycles. The Kier molecular flexibility index (Phi) is 6.08. The maximum Gasteiger partial charge on any atom is 0.244 e. The van der Waals surface area contributed by atoms with Crippen LogP contribution in [0.25, 0.3) is 0 Å². The third-order valence-corrected chi connectivity index (χ3v) is 7.92. The quantitative estimate of drug-likeness (QED) is 0.707. The standard InChI is InChI=1S/C17H22BrClN2O3S/c18-14-5-6-16(15(19)12-14)25(23,24)21-9-7-20(8-10-21)17(22)11-13-3-1-2-4-13/h5-6,12-13H,1-4,7-11H2. The average Bonchev–Trinajstić information content (AvgIpc) is 3.07. The van der Waals surface area contributed by atoms with Gasteiger partial charge in [0, 0.05) is 37.1 Å². The summed E-state index contributed by atoms with van der Waals surface area (Å²) >= 11 is 9.39. The molecule has 5 nitrogen and oxygen atoms in total. The highest BCUT2D eigenvalue weighted by Gasteiger charge is 2.32. The molecule has 1 amide bonds. The van der Waals surface area contributed by atoms with Crippen LogP contribution < -0.4 is 0 Å². The van der Waals surface area contributed by atoms with Crippen molar-refractivity contribution in [3.63, 3.8) is 0 Å². The number of hydrogen-bond acceptors (Lipinski definition) is 3. The van der Waals surface area contributed by atoms with Crippen molar-refractivity contribution in [3.8, 4) is 0 Å². The predicted molar refractivity (Wildman–Crippen MR) is 101 cm³/mol. The van der Waals surface area contributed by atoms with E-state index in [1.54, 1.807) is 17.0 Å². The fourth-order valence-electron chi connectivity index (χ4n) is 3.59. The molecule has 8 heteroatoms. The van der Waals surface area contributed by atoms with Gasteiger partial charge in [0.1, 0.15) is 4.90 Å². The van der Waals surface area contributed by atoms with Crippen LogP contribution in [0.5, 0.6) is 0 Å². The molecule has 0 bridgehead atoms. The van der Waals surface area contributed by atoms with E-state index < -0.39 is 10.0 Å². The zero-order valence-electron chi connectivity index (χ0n) is 14.0.